The fraction of sp³-hybridized carbons (Fsp3) is 0.621. The SMILES string of the molecule is O=C(CCC/C=C\C[C@@H]1[C@@H](/C=C/[C@@H](O)COc2cccc(C(F)(F)F)c2)[C@H](O)C[C@@H]1O)OCCOCCCCON(O)O. The zero-order valence-corrected chi connectivity index (χ0v) is 23.8. The van der Waals surface area contributed by atoms with Gasteiger partial charge in [-0.1, -0.05) is 30.4 Å². The second-order valence-electron chi connectivity index (χ2n) is 10.1. The number of hydrogen-bond acceptors (Lipinski definition) is 11. The van der Waals surface area contributed by atoms with Gasteiger partial charge in [0.1, 0.15) is 25.1 Å². The highest BCUT2D eigenvalue weighted by Crippen LogP contribution is 2.36. The van der Waals surface area contributed by atoms with Crippen LogP contribution in [0.15, 0.2) is 48.6 Å². The summed E-state index contributed by atoms with van der Waals surface area (Å²) in [6.45, 7) is 0.664. The minimum atomic E-state index is -4.50. The van der Waals surface area contributed by atoms with Gasteiger partial charge in [-0.2, -0.15) is 13.2 Å². The number of nitrogens with zero attached hydrogens (tertiary/aromatic N) is 1. The Balaban J connectivity index is 1.63. The average molecular weight is 622 g/mol. The van der Waals surface area contributed by atoms with E-state index < -0.39 is 36.0 Å². The molecule has 0 unspecified atom stereocenters. The van der Waals surface area contributed by atoms with Crippen molar-refractivity contribution in [2.24, 2.45) is 11.8 Å². The second-order valence-corrected chi connectivity index (χ2v) is 10.1. The van der Waals surface area contributed by atoms with Gasteiger partial charge in [0.05, 0.1) is 36.4 Å². The first-order valence-corrected chi connectivity index (χ1v) is 14.2. The van der Waals surface area contributed by atoms with Crippen LogP contribution >= 0.6 is 0 Å². The summed E-state index contributed by atoms with van der Waals surface area (Å²) in [7, 11) is 0. The van der Waals surface area contributed by atoms with Gasteiger partial charge in [-0.25, -0.2) is 0 Å². The number of benzene rings is 1. The fourth-order valence-corrected chi connectivity index (χ4v) is 4.54. The summed E-state index contributed by atoms with van der Waals surface area (Å²) in [5.41, 5.74) is -0.854. The van der Waals surface area contributed by atoms with Crippen LogP contribution in [0.1, 0.15) is 50.5 Å². The Bertz CT molecular complexity index is 992. The third kappa shape index (κ3) is 15.1. The number of rotatable bonds is 20. The first kappa shape index (κ1) is 36.6. The lowest BCUT2D eigenvalue weighted by Crippen LogP contribution is -2.21. The van der Waals surface area contributed by atoms with E-state index in [9.17, 15) is 33.3 Å². The molecule has 43 heavy (non-hydrogen) atoms. The standard InChI is InChI=1S/C29H42F3NO10/c30-29(31,32)21-8-7-9-23(18-21)42-20-22(34)12-13-25-24(26(35)19-27(25)36)10-3-1-2-4-11-28(37)41-17-16-40-14-5-6-15-43-33(38)39/h1,3,7-9,12-13,18,22,24-27,34-36,38-39H,2,4-6,10-11,14-17,19-20H2/b3-1-,13-12+/t22-,24-,25-,26+,27-/m1/s1. The molecule has 0 aliphatic heterocycles. The van der Waals surface area contributed by atoms with E-state index in [1.807, 2.05) is 12.2 Å². The quantitative estimate of drug-likeness (QED) is 0.0624. The van der Waals surface area contributed by atoms with Crippen LogP contribution in [-0.4, -0.2) is 88.4 Å². The van der Waals surface area contributed by atoms with Crippen LogP contribution in [0.5, 0.6) is 5.75 Å². The van der Waals surface area contributed by atoms with Crippen LogP contribution in [0.25, 0.3) is 0 Å². The van der Waals surface area contributed by atoms with E-state index in [1.54, 1.807) is 6.08 Å². The first-order chi connectivity index (χ1) is 20.5. The molecule has 2 rings (SSSR count). The molecule has 244 valence electrons. The predicted molar refractivity (Wildman–Crippen MR) is 146 cm³/mol. The molecule has 0 spiro atoms. The van der Waals surface area contributed by atoms with Gasteiger partial charge in [-0.3, -0.25) is 20.0 Å². The highest BCUT2D eigenvalue weighted by atomic mass is 19.4. The summed E-state index contributed by atoms with van der Waals surface area (Å²) >= 11 is 0. The monoisotopic (exact) mass is 621 g/mol. The van der Waals surface area contributed by atoms with E-state index in [4.69, 9.17) is 24.6 Å². The molecular formula is C29H42F3NO10. The maximum Gasteiger partial charge on any atom is 0.416 e. The van der Waals surface area contributed by atoms with Gasteiger partial charge in [0.25, 0.3) is 0 Å². The number of aliphatic hydroxyl groups excluding tert-OH is 3. The Labute approximate surface area is 248 Å². The lowest BCUT2D eigenvalue weighted by atomic mass is 9.89. The van der Waals surface area contributed by atoms with E-state index >= 15 is 0 Å². The van der Waals surface area contributed by atoms with E-state index in [-0.39, 0.29) is 62.3 Å². The number of unbranched alkanes of at least 4 members (excludes halogenated alkanes) is 2. The largest absolute Gasteiger partial charge is 0.491 e. The topological polar surface area (TPSA) is 158 Å². The van der Waals surface area contributed by atoms with Gasteiger partial charge in [0.2, 0.25) is 0 Å². The molecule has 5 N–H and O–H groups in total. The zero-order valence-electron chi connectivity index (χ0n) is 23.8. The van der Waals surface area contributed by atoms with Crippen molar-refractivity contribution in [2.45, 2.75) is 69.4 Å². The Morgan fingerprint density at radius 3 is 2.56 bits per heavy atom. The van der Waals surface area contributed by atoms with Gasteiger partial charge in [0, 0.05) is 25.4 Å². The molecule has 0 amide bonds. The van der Waals surface area contributed by atoms with Crippen LogP contribution in [0.2, 0.25) is 0 Å². The number of ether oxygens (including phenoxy) is 3. The Morgan fingerprint density at radius 1 is 1.05 bits per heavy atom. The molecule has 0 bridgehead atoms. The third-order valence-electron chi connectivity index (χ3n) is 6.76. The van der Waals surface area contributed by atoms with Crippen molar-refractivity contribution < 1.29 is 62.7 Å². The lowest BCUT2D eigenvalue weighted by molar-refractivity contribution is -0.492. The summed E-state index contributed by atoms with van der Waals surface area (Å²) in [5, 5.41) is 47.4. The van der Waals surface area contributed by atoms with E-state index in [0.29, 0.717) is 38.7 Å². The van der Waals surface area contributed by atoms with Crippen LogP contribution in [0.3, 0.4) is 0 Å². The molecule has 1 aromatic rings. The molecule has 1 aliphatic carbocycles. The number of carbonyl (C=O) groups is 1. The van der Waals surface area contributed by atoms with Gasteiger partial charge in [-0.15, -0.1) is 0 Å². The predicted octanol–water partition coefficient (Wildman–Crippen LogP) is 3.83. The highest BCUT2D eigenvalue weighted by Gasteiger charge is 2.39. The summed E-state index contributed by atoms with van der Waals surface area (Å²) in [5.74, 6) is -1.10. The minimum absolute atomic E-state index is 0.0283. The number of aliphatic hydroxyl groups is 3. The van der Waals surface area contributed by atoms with Crippen molar-refractivity contribution in [3.8, 4) is 5.75 Å². The maximum absolute atomic E-state index is 12.9. The number of esters is 1. The Morgan fingerprint density at radius 2 is 1.81 bits per heavy atom. The van der Waals surface area contributed by atoms with Crippen LogP contribution < -0.4 is 4.74 Å². The maximum atomic E-state index is 12.9. The van der Waals surface area contributed by atoms with Gasteiger partial charge >= 0.3 is 12.1 Å². The number of hydrogen-bond donors (Lipinski definition) is 5. The van der Waals surface area contributed by atoms with Crippen LogP contribution in [-0.2, 0) is 25.3 Å². The van der Waals surface area contributed by atoms with Crippen LogP contribution in [0.4, 0.5) is 13.2 Å². The lowest BCUT2D eigenvalue weighted by Gasteiger charge is -2.19. The molecule has 11 nitrogen and oxygen atoms in total. The van der Waals surface area contributed by atoms with E-state index in [2.05, 4.69) is 4.84 Å². The molecule has 1 fully saturated rings. The zero-order chi connectivity index (χ0) is 31.7. The third-order valence-corrected chi connectivity index (χ3v) is 6.76. The number of allylic oxidation sites excluding steroid dienone is 2. The van der Waals surface area contributed by atoms with Crippen molar-refractivity contribution in [1.82, 2.24) is 5.39 Å². The molecule has 1 saturated carbocycles. The Hall–Kier alpha value is -2.56. The molecule has 0 aromatic heterocycles. The molecule has 0 heterocycles. The summed E-state index contributed by atoms with van der Waals surface area (Å²) in [6.07, 6.45) is 2.87. The molecule has 0 saturated heterocycles. The molecule has 14 heteroatoms. The second kappa shape index (κ2) is 19.7. The number of alkyl halides is 3. The van der Waals surface area contributed by atoms with Crippen molar-refractivity contribution >= 4 is 5.97 Å². The number of halogens is 3. The summed E-state index contributed by atoms with van der Waals surface area (Å²) in [4.78, 5) is 16.2. The van der Waals surface area contributed by atoms with Crippen molar-refractivity contribution in [1.29, 1.82) is 0 Å². The van der Waals surface area contributed by atoms with E-state index in [1.165, 1.54) is 18.2 Å². The first-order valence-electron chi connectivity index (χ1n) is 14.2. The summed E-state index contributed by atoms with van der Waals surface area (Å²) < 4.78 is 54.3. The molecular weight excluding hydrogens is 579 g/mol. The van der Waals surface area contributed by atoms with Crippen molar-refractivity contribution in [3.05, 3.63) is 54.1 Å². The average Bonchev–Trinajstić information content (AvgIpc) is 3.22. The summed E-state index contributed by atoms with van der Waals surface area (Å²) in [6, 6.07) is 4.36. The fourth-order valence-electron chi connectivity index (χ4n) is 4.54. The Kier molecular flexibility index (Phi) is 16.8. The van der Waals surface area contributed by atoms with Gasteiger partial charge in [0.15, 0.2) is 0 Å². The highest BCUT2D eigenvalue weighted by molar-refractivity contribution is 5.69. The molecule has 1 aromatic carbocycles. The van der Waals surface area contributed by atoms with Crippen molar-refractivity contribution in [2.75, 3.05) is 33.0 Å². The molecule has 1 aliphatic rings. The molecule has 5 atom stereocenters. The van der Waals surface area contributed by atoms with Crippen LogP contribution in [0, 0.1) is 11.8 Å². The smallest absolute Gasteiger partial charge is 0.416 e. The normalized spacial score (nSPS) is 21.7. The van der Waals surface area contributed by atoms with Crippen molar-refractivity contribution in [3.63, 3.8) is 0 Å². The minimum Gasteiger partial charge on any atom is -0.491 e. The van der Waals surface area contributed by atoms with E-state index in [0.717, 1.165) is 12.1 Å². The van der Waals surface area contributed by atoms with Gasteiger partial charge < -0.3 is 29.5 Å². The van der Waals surface area contributed by atoms with Gasteiger partial charge in [-0.05, 0) is 56.2 Å². The number of carbonyl (C=O) groups excluding carboxylic acids is 1. The molecule has 0 radical (unpaired) electrons.